The Kier molecular flexibility index (Phi) is 31.9. The van der Waals surface area contributed by atoms with Gasteiger partial charge in [-0.1, -0.05) is 59.3 Å². The third-order valence-corrected chi connectivity index (χ3v) is 6.18. The summed E-state index contributed by atoms with van der Waals surface area (Å²) in [5.74, 6) is 6.44. The second-order valence-corrected chi connectivity index (χ2v) is 13.4. The van der Waals surface area contributed by atoms with Gasteiger partial charge < -0.3 is 17.2 Å². The summed E-state index contributed by atoms with van der Waals surface area (Å²) in [7, 11) is 0. The van der Waals surface area contributed by atoms with E-state index in [9.17, 15) is 0 Å². The van der Waals surface area contributed by atoms with E-state index in [2.05, 4.69) is 35.8 Å². The van der Waals surface area contributed by atoms with E-state index < -0.39 is 14.3 Å². The summed E-state index contributed by atoms with van der Waals surface area (Å²) in [6.45, 7) is 13.9. The third kappa shape index (κ3) is 34.1. The maximum atomic E-state index is 6.66. The standard InChI is InChI=1S/C7H11Ge.3C4H10N.Zr/c1-8(2)7-5-3-4-6-7;3*1-4(2)3-5;/h3-6,8H,1-2H3;3*4-5H,3H2,1-2H3;/q4*-1;+4. The van der Waals surface area contributed by atoms with Crippen LogP contribution in [0.2, 0.25) is 11.5 Å². The molecule has 0 fully saturated rings. The molecule has 140 valence electrons. The van der Waals surface area contributed by atoms with Crippen molar-refractivity contribution < 1.29 is 26.2 Å². The van der Waals surface area contributed by atoms with E-state index in [1.54, 1.807) is 4.40 Å². The number of hydrogen-bond donors (Lipinski definition) is 0. The molecule has 3 N–H and O–H groups in total. The van der Waals surface area contributed by atoms with Crippen molar-refractivity contribution in [3.8, 4) is 0 Å². The fraction of sp³-hybridized carbons (Fsp3) is 0.737. The van der Waals surface area contributed by atoms with Crippen molar-refractivity contribution >= 4 is 18.7 Å². The maximum absolute atomic E-state index is 6.66. The van der Waals surface area contributed by atoms with E-state index in [0.29, 0.717) is 37.4 Å². The third-order valence-electron chi connectivity index (χ3n) is 2.58. The smallest absolute Gasteiger partial charge is 4.00 e. The summed E-state index contributed by atoms with van der Waals surface area (Å²) in [6, 6.07) is 8.73. The van der Waals surface area contributed by atoms with Crippen molar-refractivity contribution in [2.75, 3.05) is 19.6 Å². The van der Waals surface area contributed by atoms with Gasteiger partial charge in [-0.2, -0.15) is 0 Å². The molecule has 0 spiro atoms. The molecule has 0 heterocycles. The average molecular weight is 475 g/mol. The quantitative estimate of drug-likeness (QED) is 0.369. The van der Waals surface area contributed by atoms with Crippen LogP contribution in [0.1, 0.15) is 41.5 Å². The monoisotopic (exact) mass is 475 g/mol. The molecule has 0 amide bonds. The molecule has 0 unspecified atom stereocenters. The van der Waals surface area contributed by atoms with Crippen LogP contribution in [-0.4, -0.2) is 34.0 Å². The zero-order valence-corrected chi connectivity index (χ0v) is 22.1. The molecular weight excluding hydrogens is 434 g/mol. The molecule has 24 heavy (non-hydrogen) atoms. The summed E-state index contributed by atoms with van der Waals surface area (Å²) in [5, 5.41) is 0. The number of nitrogens with one attached hydrogen (secondary N) is 3. The Morgan fingerprint density at radius 2 is 0.917 bits per heavy atom. The van der Waals surface area contributed by atoms with E-state index in [1.807, 2.05) is 41.5 Å². The maximum Gasteiger partial charge on any atom is 4.00 e. The van der Waals surface area contributed by atoms with Crippen molar-refractivity contribution in [2.24, 2.45) is 17.8 Å². The molecule has 0 aromatic heterocycles. The molecule has 0 aliphatic rings. The molecule has 0 aliphatic carbocycles. The first-order valence-electron chi connectivity index (χ1n) is 8.77. The predicted octanol–water partition coefficient (Wildman–Crippen LogP) is 6.18. The molecule has 0 aliphatic heterocycles. The Hall–Kier alpha value is 0.656. The Bertz CT molecular complexity index is 281. The first kappa shape index (κ1) is 32.3. The van der Waals surface area contributed by atoms with Crippen LogP contribution in [0, 0.1) is 17.8 Å². The van der Waals surface area contributed by atoms with Crippen molar-refractivity contribution in [2.45, 2.75) is 53.1 Å². The fourth-order valence-corrected chi connectivity index (χ4v) is 2.86. The summed E-state index contributed by atoms with van der Waals surface area (Å²) in [6.07, 6.45) is 0. The molecule has 0 atom stereocenters. The van der Waals surface area contributed by atoms with E-state index in [-0.39, 0.29) is 26.2 Å². The van der Waals surface area contributed by atoms with Gasteiger partial charge in [0.25, 0.3) is 0 Å². The van der Waals surface area contributed by atoms with Crippen LogP contribution in [-0.2, 0) is 26.2 Å². The van der Waals surface area contributed by atoms with Crippen LogP contribution >= 0.6 is 0 Å². The average Bonchev–Trinajstić information content (AvgIpc) is 3.03. The summed E-state index contributed by atoms with van der Waals surface area (Å²) in [5.41, 5.74) is 20.0. The normalized spacial score (nSPS) is 9.46. The second kappa shape index (κ2) is 23.7. The molecule has 1 aromatic carbocycles. The van der Waals surface area contributed by atoms with Crippen LogP contribution < -0.4 is 4.40 Å². The molecule has 3 nitrogen and oxygen atoms in total. The Morgan fingerprint density at radius 1 is 0.708 bits per heavy atom. The molecule has 1 aromatic rings. The molecule has 5 heteroatoms. The number of hydrogen-bond acceptors (Lipinski definition) is 0. The minimum absolute atomic E-state index is 0. The first-order valence-corrected chi connectivity index (χ1v) is 14.8. The van der Waals surface area contributed by atoms with Crippen LogP contribution in [0.25, 0.3) is 17.2 Å². The van der Waals surface area contributed by atoms with Gasteiger partial charge in [-0.05, 0) is 0 Å². The fourth-order valence-electron chi connectivity index (χ4n) is 0.774. The van der Waals surface area contributed by atoms with E-state index in [0.717, 1.165) is 0 Å². The van der Waals surface area contributed by atoms with Crippen LogP contribution in [0.15, 0.2) is 24.3 Å². The van der Waals surface area contributed by atoms with E-state index in [4.69, 9.17) is 17.2 Å². The van der Waals surface area contributed by atoms with Crippen LogP contribution in [0.5, 0.6) is 0 Å². The van der Waals surface area contributed by atoms with Gasteiger partial charge in [0, 0.05) is 0 Å². The van der Waals surface area contributed by atoms with E-state index >= 15 is 0 Å². The summed E-state index contributed by atoms with van der Waals surface area (Å²) >= 11 is -0.888. The van der Waals surface area contributed by atoms with Gasteiger partial charge in [-0.15, -0.1) is 19.6 Å². The van der Waals surface area contributed by atoms with Gasteiger partial charge in [-0.25, -0.2) is 0 Å². The molecule has 0 saturated carbocycles. The Labute approximate surface area is 176 Å². The SMILES string of the molecule is CC(C)C[NH-].CC(C)C[NH-].CC(C)C[NH-].[CH3][GeH]([CH3])[c-]1cccc1.[Zr+4]. The zero-order valence-electron chi connectivity index (χ0n) is 17.2. The summed E-state index contributed by atoms with van der Waals surface area (Å²) in [4.78, 5) is 0. The number of rotatable bonds is 4. The van der Waals surface area contributed by atoms with Crippen molar-refractivity contribution in [1.29, 1.82) is 0 Å². The topological polar surface area (TPSA) is 71.4 Å². The van der Waals surface area contributed by atoms with Crippen LogP contribution in [0.3, 0.4) is 0 Å². The molecule has 0 saturated heterocycles. The Balaban J connectivity index is -0.000000113. The van der Waals surface area contributed by atoms with Gasteiger partial charge in [0.1, 0.15) is 0 Å². The van der Waals surface area contributed by atoms with Gasteiger partial charge in [0.05, 0.1) is 0 Å². The predicted molar refractivity (Wildman–Crippen MR) is 113 cm³/mol. The minimum Gasteiger partial charge on any atom is 4.00 e. The van der Waals surface area contributed by atoms with Gasteiger partial charge in [-0.3, -0.25) is 0 Å². The van der Waals surface area contributed by atoms with E-state index in [1.165, 1.54) is 0 Å². The first-order chi connectivity index (χ1) is 10.6. The van der Waals surface area contributed by atoms with Crippen molar-refractivity contribution in [1.82, 2.24) is 0 Å². The zero-order chi connectivity index (χ0) is 18.8. The Morgan fingerprint density at radius 3 is 1.00 bits per heavy atom. The molecule has 0 radical (unpaired) electrons. The van der Waals surface area contributed by atoms with Gasteiger partial charge >= 0.3 is 80.7 Å². The molecule has 0 bridgehead atoms. The van der Waals surface area contributed by atoms with Crippen molar-refractivity contribution in [3.63, 3.8) is 0 Å². The summed E-state index contributed by atoms with van der Waals surface area (Å²) < 4.78 is 1.62. The minimum atomic E-state index is -0.888. The molecular formula is C19H41GeN3Zr. The van der Waals surface area contributed by atoms with Gasteiger partial charge in [0.15, 0.2) is 0 Å². The second-order valence-electron chi connectivity index (χ2n) is 7.17. The molecule has 1 rings (SSSR count). The van der Waals surface area contributed by atoms with Gasteiger partial charge in [0.2, 0.25) is 0 Å². The largest absolute Gasteiger partial charge is 4.00 e. The van der Waals surface area contributed by atoms with Crippen molar-refractivity contribution in [3.05, 3.63) is 41.5 Å². The van der Waals surface area contributed by atoms with Crippen LogP contribution in [0.4, 0.5) is 0 Å².